The zero-order valence-electron chi connectivity index (χ0n) is 12.6. The molecule has 0 aromatic carbocycles. The van der Waals surface area contributed by atoms with Crippen LogP contribution in [0.1, 0.15) is 13.3 Å². The van der Waals surface area contributed by atoms with Crippen LogP contribution in [-0.2, 0) is 0 Å². The molecule has 7 nitrogen and oxygen atoms in total. The summed E-state index contributed by atoms with van der Waals surface area (Å²) in [6.07, 6.45) is 1.03. The quantitative estimate of drug-likeness (QED) is 0.719. The highest BCUT2D eigenvalue weighted by Gasteiger charge is 2.07. The van der Waals surface area contributed by atoms with Crippen LogP contribution in [0.15, 0.2) is 0 Å². The normalized spacial score (nSPS) is 10.6. The third-order valence-corrected chi connectivity index (χ3v) is 2.40. The Balaban J connectivity index is 2.74. The molecule has 0 radical (unpaired) electrons. The van der Waals surface area contributed by atoms with Gasteiger partial charge >= 0.3 is 0 Å². The average molecular weight is 267 g/mol. The van der Waals surface area contributed by atoms with E-state index in [2.05, 4.69) is 37.4 Å². The van der Waals surface area contributed by atoms with Crippen LogP contribution in [0.2, 0.25) is 0 Å². The summed E-state index contributed by atoms with van der Waals surface area (Å²) >= 11 is 0. The van der Waals surface area contributed by atoms with Gasteiger partial charge in [0.1, 0.15) is 0 Å². The fourth-order valence-electron chi connectivity index (χ4n) is 1.35. The summed E-state index contributed by atoms with van der Waals surface area (Å²) in [6, 6.07) is 0. The molecule has 1 aromatic rings. The van der Waals surface area contributed by atoms with E-state index in [0.29, 0.717) is 17.8 Å². The molecule has 0 aliphatic carbocycles. The second-order valence-electron chi connectivity index (χ2n) is 4.83. The lowest BCUT2D eigenvalue weighted by molar-refractivity contribution is 0.425. The monoisotopic (exact) mass is 267 g/mol. The Morgan fingerprint density at radius 1 is 0.895 bits per heavy atom. The number of nitrogens with zero attached hydrogens (tertiary/aromatic N) is 5. The minimum Gasteiger partial charge on any atom is -0.354 e. The van der Waals surface area contributed by atoms with E-state index in [9.17, 15) is 0 Å². The molecule has 0 bridgehead atoms. The van der Waals surface area contributed by atoms with E-state index in [1.54, 1.807) is 0 Å². The van der Waals surface area contributed by atoms with Gasteiger partial charge < -0.3 is 20.4 Å². The molecule has 0 aliphatic rings. The van der Waals surface area contributed by atoms with Crippen LogP contribution in [0.5, 0.6) is 0 Å². The number of rotatable bonds is 8. The maximum Gasteiger partial charge on any atom is 0.231 e. The first-order valence-corrected chi connectivity index (χ1v) is 6.58. The zero-order chi connectivity index (χ0) is 14.3. The second kappa shape index (κ2) is 7.73. The summed E-state index contributed by atoms with van der Waals surface area (Å²) in [5, 5.41) is 6.41. The molecule has 19 heavy (non-hydrogen) atoms. The molecule has 0 fully saturated rings. The van der Waals surface area contributed by atoms with Gasteiger partial charge in [-0.15, -0.1) is 0 Å². The summed E-state index contributed by atoms with van der Waals surface area (Å²) in [7, 11) is 7.91. The first-order valence-electron chi connectivity index (χ1n) is 6.58. The summed E-state index contributed by atoms with van der Waals surface area (Å²) in [5.74, 6) is 1.88. The van der Waals surface area contributed by atoms with Gasteiger partial charge in [0.2, 0.25) is 17.8 Å². The van der Waals surface area contributed by atoms with Gasteiger partial charge in [-0.1, -0.05) is 6.92 Å². The summed E-state index contributed by atoms with van der Waals surface area (Å²) in [4.78, 5) is 17.1. The van der Waals surface area contributed by atoms with E-state index >= 15 is 0 Å². The van der Waals surface area contributed by atoms with E-state index in [4.69, 9.17) is 0 Å². The smallest absolute Gasteiger partial charge is 0.231 e. The van der Waals surface area contributed by atoms with Gasteiger partial charge in [-0.2, -0.15) is 15.0 Å². The Morgan fingerprint density at radius 2 is 1.47 bits per heavy atom. The Kier molecular flexibility index (Phi) is 6.27. The van der Waals surface area contributed by atoms with E-state index < -0.39 is 0 Å². The van der Waals surface area contributed by atoms with E-state index in [1.165, 1.54) is 0 Å². The molecule has 0 unspecified atom stereocenters. The van der Waals surface area contributed by atoms with Crippen molar-refractivity contribution in [3.8, 4) is 0 Å². The van der Waals surface area contributed by atoms with Crippen molar-refractivity contribution in [1.29, 1.82) is 0 Å². The topological polar surface area (TPSA) is 69.2 Å². The van der Waals surface area contributed by atoms with Crippen molar-refractivity contribution in [3.63, 3.8) is 0 Å². The van der Waals surface area contributed by atoms with Crippen molar-refractivity contribution in [1.82, 2.24) is 19.9 Å². The highest BCUT2D eigenvalue weighted by Crippen LogP contribution is 2.11. The fourth-order valence-corrected chi connectivity index (χ4v) is 1.35. The Hall–Kier alpha value is -1.63. The van der Waals surface area contributed by atoms with Crippen molar-refractivity contribution in [2.45, 2.75) is 13.3 Å². The van der Waals surface area contributed by atoms with Crippen LogP contribution in [0.3, 0.4) is 0 Å². The molecule has 0 aliphatic heterocycles. The van der Waals surface area contributed by atoms with E-state index in [0.717, 1.165) is 26.1 Å². The van der Waals surface area contributed by atoms with Crippen molar-refractivity contribution >= 4 is 17.8 Å². The molecule has 7 heteroatoms. The molecule has 0 spiro atoms. The predicted octanol–water partition coefficient (Wildman–Crippen LogP) is 0.733. The number of hydrogen-bond acceptors (Lipinski definition) is 7. The van der Waals surface area contributed by atoms with Crippen LogP contribution < -0.4 is 15.5 Å². The third-order valence-electron chi connectivity index (χ3n) is 2.40. The first-order chi connectivity index (χ1) is 9.02. The largest absolute Gasteiger partial charge is 0.354 e. The van der Waals surface area contributed by atoms with Crippen LogP contribution >= 0.6 is 0 Å². The molecule has 0 atom stereocenters. The average Bonchev–Trinajstić information content (AvgIpc) is 2.35. The number of aromatic nitrogens is 3. The lowest BCUT2D eigenvalue weighted by Crippen LogP contribution is -2.23. The molecular weight excluding hydrogens is 242 g/mol. The van der Waals surface area contributed by atoms with Crippen molar-refractivity contribution in [3.05, 3.63) is 0 Å². The lowest BCUT2D eigenvalue weighted by Gasteiger charge is -2.15. The minimum atomic E-state index is 0.610. The molecular formula is C12H25N7. The molecule has 0 amide bonds. The van der Waals surface area contributed by atoms with Gasteiger partial charge in [0.25, 0.3) is 0 Å². The van der Waals surface area contributed by atoms with E-state index in [1.807, 2.05) is 33.1 Å². The third kappa shape index (κ3) is 5.69. The number of nitrogens with one attached hydrogen (secondary N) is 2. The van der Waals surface area contributed by atoms with Crippen LogP contribution in [0, 0.1) is 0 Å². The van der Waals surface area contributed by atoms with Gasteiger partial charge in [-0.25, -0.2) is 0 Å². The second-order valence-corrected chi connectivity index (χ2v) is 4.83. The SMILES string of the molecule is CCCNc1nc(NCCN(C)C)nc(N(C)C)n1. The first kappa shape index (κ1) is 15.4. The number of anilines is 3. The van der Waals surface area contributed by atoms with Crippen LogP contribution in [-0.4, -0.2) is 67.7 Å². The van der Waals surface area contributed by atoms with E-state index in [-0.39, 0.29) is 0 Å². The molecule has 1 heterocycles. The van der Waals surface area contributed by atoms with Crippen molar-refractivity contribution in [2.75, 3.05) is 63.4 Å². The molecule has 0 saturated carbocycles. The van der Waals surface area contributed by atoms with Gasteiger partial charge in [-0.3, -0.25) is 0 Å². The maximum atomic E-state index is 4.37. The zero-order valence-corrected chi connectivity index (χ0v) is 12.6. The van der Waals surface area contributed by atoms with Gasteiger partial charge in [-0.05, 0) is 20.5 Å². The fraction of sp³-hybridized carbons (Fsp3) is 0.750. The highest BCUT2D eigenvalue weighted by atomic mass is 15.3. The Labute approximate surface area is 115 Å². The highest BCUT2D eigenvalue weighted by molar-refractivity contribution is 5.42. The molecule has 1 rings (SSSR count). The van der Waals surface area contributed by atoms with Gasteiger partial charge in [0.05, 0.1) is 0 Å². The predicted molar refractivity (Wildman–Crippen MR) is 80.0 cm³/mol. The molecule has 2 N–H and O–H groups in total. The maximum absolute atomic E-state index is 4.37. The molecule has 108 valence electrons. The Bertz CT molecular complexity index is 378. The lowest BCUT2D eigenvalue weighted by atomic mass is 10.5. The van der Waals surface area contributed by atoms with Crippen molar-refractivity contribution in [2.24, 2.45) is 0 Å². The standard InChI is InChI=1S/C12H25N7/c1-6-7-13-10-15-11(14-8-9-18(2)3)17-12(16-10)19(4)5/h6-9H2,1-5H3,(H2,13,14,15,16,17). The summed E-state index contributed by atoms with van der Waals surface area (Å²) in [5.41, 5.74) is 0. The summed E-state index contributed by atoms with van der Waals surface area (Å²) in [6.45, 7) is 4.70. The van der Waals surface area contributed by atoms with Crippen LogP contribution in [0.4, 0.5) is 17.8 Å². The number of hydrogen-bond donors (Lipinski definition) is 2. The number of likely N-dealkylation sites (N-methyl/N-ethyl adjacent to an activating group) is 1. The summed E-state index contributed by atoms with van der Waals surface area (Å²) < 4.78 is 0. The minimum absolute atomic E-state index is 0.610. The Morgan fingerprint density at radius 3 is 1.95 bits per heavy atom. The van der Waals surface area contributed by atoms with Crippen LogP contribution in [0.25, 0.3) is 0 Å². The molecule has 1 aromatic heterocycles. The molecule has 0 saturated heterocycles. The van der Waals surface area contributed by atoms with Gasteiger partial charge in [0.15, 0.2) is 0 Å². The van der Waals surface area contributed by atoms with Gasteiger partial charge in [0, 0.05) is 33.7 Å². The van der Waals surface area contributed by atoms with Crippen molar-refractivity contribution < 1.29 is 0 Å².